The van der Waals surface area contributed by atoms with Gasteiger partial charge in [0.05, 0.1) is 0 Å². The Morgan fingerprint density at radius 1 is 1.31 bits per heavy atom. The molecule has 1 aliphatic heterocycles. The lowest BCUT2D eigenvalue weighted by Gasteiger charge is -2.32. The number of hydrogen-bond acceptors (Lipinski definition) is 4. The summed E-state index contributed by atoms with van der Waals surface area (Å²) in [5.74, 6) is -0.566. The lowest BCUT2D eigenvalue weighted by Crippen LogP contribution is -2.40. The molecule has 1 atom stereocenters. The van der Waals surface area contributed by atoms with Gasteiger partial charge in [0, 0.05) is 31.4 Å². The van der Waals surface area contributed by atoms with E-state index in [4.69, 9.17) is 0 Å². The van der Waals surface area contributed by atoms with Crippen LogP contribution in [0.3, 0.4) is 0 Å². The zero-order chi connectivity index (χ0) is 18.5. The molecule has 1 aromatic carbocycles. The molecule has 1 saturated heterocycles. The second kappa shape index (κ2) is 8.03. The fraction of sp³-hybridized carbons (Fsp3) is 0.368. The number of aromatic nitrogens is 2. The van der Waals surface area contributed by atoms with E-state index in [2.05, 4.69) is 15.3 Å². The quantitative estimate of drug-likeness (QED) is 0.910. The minimum atomic E-state index is -0.410. The van der Waals surface area contributed by atoms with E-state index in [9.17, 15) is 14.0 Å². The monoisotopic (exact) mass is 356 g/mol. The Morgan fingerprint density at radius 3 is 2.92 bits per heavy atom. The first-order valence-corrected chi connectivity index (χ1v) is 8.64. The molecule has 1 fully saturated rings. The number of halogens is 1. The van der Waals surface area contributed by atoms with Crippen LogP contribution in [0.1, 0.15) is 39.4 Å². The fourth-order valence-corrected chi connectivity index (χ4v) is 3.28. The number of piperidine rings is 1. The summed E-state index contributed by atoms with van der Waals surface area (Å²) < 4.78 is 13.4. The van der Waals surface area contributed by atoms with Gasteiger partial charge in [-0.25, -0.2) is 14.4 Å². The van der Waals surface area contributed by atoms with Crippen LogP contribution in [0, 0.1) is 11.7 Å². The van der Waals surface area contributed by atoms with Gasteiger partial charge in [0.25, 0.3) is 11.8 Å². The van der Waals surface area contributed by atoms with Crippen LogP contribution in [-0.2, 0) is 6.42 Å². The van der Waals surface area contributed by atoms with Gasteiger partial charge in [-0.15, -0.1) is 0 Å². The summed E-state index contributed by atoms with van der Waals surface area (Å²) in [5, 5.41) is 2.54. The number of nitrogens with one attached hydrogen (secondary N) is 1. The topological polar surface area (TPSA) is 75.2 Å². The molecule has 2 amide bonds. The van der Waals surface area contributed by atoms with Crippen molar-refractivity contribution < 1.29 is 14.0 Å². The molecule has 26 heavy (non-hydrogen) atoms. The molecule has 1 aliphatic rings. The standard InChI is InChI=1S/C19H21FN4O2/c1-21-18(25)17-10-16(22-12-23-17)8-13-4-3-7-24(11-13)19(26)14-5-2-6-15(20)9-14/h2,5-6,9-10,12-13H,3-4,7-8,11H2,1H3,(H,21,25)/t13-/m0/s1. The van der Waals surface area contributed by atoms with Crippen molar-refractivity contribution in [2.45, 2.75) is 19.3 Å². The predicted molar refractivity (Wildman–Crippen MR) is 94.2 cm³/mol. The van der Waals surface area contributed by atoms with Crippen molar-refractivity contribution in [2.75, 3.05) is 20.1 Å². The highest BCUT2D eigenvalue weighted by Gasteiger charge is 2.25. The number of likely N-dealkylation sites (tertiary alicyclic amines) is 1. The number of rotatable bonds is 4. The number of benzene rings is 1. The van der Waals surface area contributed by atoms with Gasteiger partial charge in [-0.2, -0.15) is 0 Å². The van der Waals surface area contributed by atoms with Gasteiger partial charge in [0.2, 0.25) is 0 Å². The van der Waals surface area contributed by atoms with Gasteiger partial charge >= 0.3 is 0 Å². The average molecular weight is 356 g/mol. The Balaban J connectivity index is 1.67. The van der Waals surface area contributed by atoms with Gasteiger partial charge in [-0.05, 0) is 49.4 Å². The van der Waals surface area contributed by atoms with E-state index in [1.54, 1.807) is 30.1 Å². The number of amides is 2. The summed E-state index contributed by atoms with van der Waals surface area (Å²) in [5.41, 5.74) is 1.49. The van der Waals surface area contributed by atoms with E-state index in [0.29, 0.717) is 30.8 Å². The summed E-state index contributed by atoms with van der Waals surface area (Å²) in [4.78, 5) is 34.3. The molecule has 3 rings (SSSR count). The van der Waals surface area contributed by atoms with Crippen LogP contribution in [0.15, 0.2) is 36.7 Å². The lowest BCUT2D eigenvalue weighted by atomic mass is 9.92. The minimum Gasteiger partial charge on any atom is -0.354 e. The molecular formula is C19H21FN4O2. The van der Waals surface area contributed by atoms with E-state index >= 15 is 0 Å². The first-order valence-electron chi connectivity index (χ1n) is 8.64. The summed E-state index contributed by atoms with van der Waals surface area (Å²) >= 11 is 0. The summed E-state index contributed by atoms with van der Waals surface area (Å²) in [6, 6.07) is 7.47. The number of carbonyl (C=O) groups is 2. The molecule has 1 aromatic heterocycles. The smallest absolute Gasteiger partial charge is 0.269 e. The van der Waals surface area contributed by atoms with Crippen LogP contribution < -0.4 is 5.32 Å². The molecular weight excluding hydrogens is 335 g/mol. The van der Waals surface area contributed by atoms with E-state index < -0.39 is 5.82 Å². The third-order valence-corrected chi connectivity index (χ3v) is 4.56. The normalized spacial score (nSPS) is 17.0. The van der Waals surface area contributed by atoms with Crippen LogP contribution >= 0.6 is 0 Å². The Morgan fingerprint density at radius 2 is 2.15 bits per heavy atom. The lowest BCUT2D eigenvalue weighted by molar-refractivity contribution is 0.0672. The van der Waals surface area contributed by atoms with Crippen LogP contribution in [0.2, 0.25) is 0 Å². The maximum Gasteiger partial charge on any atom is 0.269 e. The molecule has 2 heterocycles. The average Bonchev–Trinajstić information content (AvgIpc) is 2.67. The van der Waals surface area contributed by atoms with Crippen LogP contribution in [0.4, 0.5) is 4.39 Å². The predicted octanol–water partition coefficient (Wildman–Crippen LogP) is 2.07. The molecule has 0 spiro atoms. The van der Waals surface area contributed by atoms with Crippen LogP contribution in [0.25, 0.3) is 0 Å². The summed E-state index contributed by atoms with van der Waals surface area (Å²) in [7, 11) is 1.56. The molecule has 6 nitrogen and oxygen atoms in total. The molecule has 0 unspecified atom stereocenters. The molecule has 136 valence electrons. The highest BCUT2D eigenvalue weighted by atomic mass is 19.1. The number of hydrogen-bond donors (Lipinski definition) is 1. The summed E-state index contributed by atoms with van der Waals surface area (Å²) in [6.07, 6.45) is 3.92. The van der Waals surface area contributed by atoms with Crippen molar-refractivity contribution in [1.29, 1.82) is 0 Å². The minimum absolute atomic E-state index is 0.150. The second-order valence-electron chi connectivity index (χ2n) is 6.45. The first kappa shape index (κ1) is 18.0. The van der Waals surface area contributed by atoms with Crippen LogP contribution in [0.5, 0.6) is 0 Å². The molecule has 0 aliphatic carbocycles. The molecule has 0 bridgehead atoms. The van der Waals surface area contributed by atoms with E-state index in [-0.39, 0.29) is 17.7 Å². The fourth-order valence-electron chi connectivity index (χ4n) is 3.28. The summed E-state index contributed by atoms with van der Waals surface area (Å²) in [6.45, 7) is 1.26. The maximum absolute atomic E-state index is 13.4. The molecule has 2 aromatic rings. The van der Waals surface area contributed by atoms with Crippen molar-refractivity contribution in [2.24, 2.45) is 5.92 Å². The number of carbonyl (C=O) groups excluding carboxylic acids is 2. The highest BCUT2D eigenvalue weighted by Crippen LogP contribution is 2.22. The molecule has 7 heteroatoms. The van der Waals surface area contributed by atoms with Crippen molar-refractivity contribution in [1.82, 2.24) is 20.2 Å². The Labute approximate surface area is 151 Å². The van der Waals surface area contributed by atoms with Gasteiger partial charge in [0.15, 0.2) is 0 Å². The largest absolute Gasteiger partial charge is 0.354 e. The molecule has 1 N–H and O–H groups in total. The van der Waals surface area contributed by atoms with Crippen molar-refractivity contribution in [3.63, 3.8) is 0 Å². The first-order chi connectivity index (χ1) is 12.6. The van der Waals surface area contributed by atoms with Crippen LogP contribution in [-0.4, -0.2) is 46.8 Å². The number of nitrogens with zero attached hydrogens (tertiary/aromatic N) is 3. The highest BCUT2D eigenvalue weighted by molar-refractivity contribution is 5.94. The molecule has 0 saturated carbocycles. The Kier molecular flexibility index (Phi) is 5.55. The Hall–Kier alpha value is -2.83. The van der Waals surface area contributed by atoms with Crippen molar-refractivity contribution in [3.8, 4) is 0 Å². The van der Waals surface area contributed by atoms with Gasteiger partial charge in [0.1, 0.15) is 17.8 Å². The maximum atomic E-state index is 13.4. The third-order valence-electron chi connectivity index (χ3n) is 4.56. The molecule has 0 radical (unpaired) electrons. The van der Waals surface area contributed by atoms with Crippen molar-refractivity contribution in [3.05, 3.63) is 59.4 Å². The third kappa shape index (κ3) is 4.22. The van der Waals surface area contributed by atoms with E-state index in [1.807, 2.05) is 0 Å². The zero-order valence-electron chi connectivity index (χ0n) is 14.6. The van der Waals surface area contributed by atoms with Gasteiger partial charge in [-0.3, -0.25) is 9.59 Å². The van der Waals surface area contributed by atoms with Gasteiger partial charge in [-0.1, -0.05) is 6.07 Å². The van der Waals surface area contributed by atoms with E-state index in [0.717, 1.165) is 18.5 Å². The van der Waals surface area contributed by atoms with Gasteiger partial charge < -0.3 is 10.2 Å². The second-order valence-corrected chi connectivity index (χ2v) is 6.45. The zero-order valence-corrected chi connectivity index (χ0v) is 14.6. The van der Waals surface area contributed by atoms with Crippen molar-refractivity contribution >= 4 is 11.8 Å². The SMILES string of the molecule is CNC(=O)c1cc(C[C@@H]2CCCN(C(=O)c3cccc(F)c3)C2)ncn1. The Bertz CT molecular complexity index is 812. The van der Waals surface area contributed by atoms with E-state index in [1.165, 1.54) is 18.5 Å².